The molecular weight excluding hydrogens is 490 g/mol. The van der Waals surface area contributed by atoms with Crippen LogP contribution in [0.3, 0.4) is 0 Å². The molecule has 0 heterocycles. The van der Waals surface area contributed by atoms with Crippen molar-refractivity contribution in [3.63, 3.8) is 0 Å². The number of nitro benzene ring substituents is 1. The molecule has 0 fully saturated rings. The van der Waals surface area contributed by atoms with Crippen molar-refractivity contribution in [2.45, 2.75) is 6.92 Å². The number of non-ortho nitro benzene ring substituents is 1. The minimum atomic E-state index is -0.557. The van der Waals surface area contributed by atoms with Gasteiger partial charge in [0, 0.05) is 17.7 Å². The summed E-state index contributed by atoms with van der Waals surface area (Å²) in [5.74, 6) is 0.108. The number of amides is 1. The standard InChI is InChI=1S/C28H23N3O7/c1-2-36-22-12-7-20(8-13-22)28(33)38-26-16-9-19-5-3-4-6-24(19)25(26)17-29-30-27(32)18-37-23-14-10-21(11-15-23)31(34)35/h3-17H,2,18H2,1H3,(H,30,32)/b29-17+. The van der Waals surface area contributed by atoms with Crippen molar-refractivity contribution in [1.82, 2.24) is 5.43 Å². The van der Waals surface area contributed by atoms with E-state index >= 15 is 0 Å². The molecule has 1 N–H and O–H groups in total. The Kier molecular flexibility index (Phi) is 8.25. The van der Waals surface area contributed by atoms with Crippen LogP contribution in [0.25, 0.3) is 10.8 Å². The van der Waals surface area contributed by atoms with Gasteiger partial charge in [0.25, 0.3) is 11.6 Å². The summed E-state index contributed by atoms with van der Waals surface area (Å²) in [5.41, 5.74) is 3.13. The number of carbonyl (C=O) groups excluding carboxylic acids is 2. The smallest absolute Gasteiger partial charge is 0.343 e. The summed E-state index contributed by atoms with van der Waals surface area (Å²) in [7, 11) is 0. The van der Waals surface area contributed by atoms with Crippen LogP contribution in [0.4, 0.5) is 5.69 Å². The van der Waals surface area contributed by atoms with Gasteiger partial charge in [-0.05, 0) is 60.2 Å². The molecule has 1 amide bonds. The summed E-state index contributed by atoms with van der Waals surface area (Å²) in [5, 5.41) is 16.4. The van der Waals surface area contributed by atoms with E-state index in [4.69, 9.17) is 14.2 Å². The van der Waals surface area contributed by atoms with Gasteiger partial charge in [-0.3, -0.25) is 14.9 Å². The van der Waals surface area contributed by atoms with Gasteiger partial charge in [-0.1, -0.05) is 30.3 Å². The number of nitrogens with zero attached hydrogens (tertiary/aromatic N) is 2. The minimum absolute atomic E-state index is 0.0829. The van der Waals surface area contributed by atoms with Crippen molar-refractivity contribution in [3.8, 4) is 17.2 Å². The lowest BCUT2D eigenvalue weighted by atomic mass is 10.0. The topological polar surface area (TPSA) is 129 Å². The Hall–Kier alpha value is -5.25. The summed E-state index contributed by atoms with van der Waals surface area (Å²) in [6.45, 7) is 2.03. The highest BCUT2D eigenvalue weighted by molar-refractivity contribution is 6.04. The highest BCUT2D eigenvalue weighted by Crippen LogP contribution is 2.27. The van der Waals surface area contributed by atoms with Gasteiger partial charge in [-0.15, -0.1) is 0 Å². The van der Waals surface area contributed by atoms with Crippen LogP contribution in [0.1, 0.15) is 22.8 Å². The number of benzene rings is 4. The number of nitro groups is 1. The lowest BCUT2D eigenvalue weighted by Crippen LogP contribution is -2.24. The van der Waals surface area contributed by atoms with Crippen molar-refractivity contribution in [3.05, 3.63) is 106 Å². The van der Waals surface area contributed by atoms with E-state index in [2.05, 4.69) is 10.5 Å². The molecule has 0 aliphatic carbocycles. The Morgan fingerprint density at radius 2 is 1.61 bits per heavy atom. The second kappa shape index (κ2) is 12.1. The fraction of sp³-hybridized carbons (Fsp3) is 0.107. The molecule has 0 saturated heterocycles. The second-order valence-electron chi connectivity index (χ2n) is 7.88. The third-order valence-electron chi connectivity index (χ3n) is 5.33. The van der Waals surface area contributed by atoms with Crippen LogP contribution in [-0.4, -0.2) is 36.2 Å². The first kappa shape index (κ1) is 25.8. The van der Waals surface area contributed by atoms with E-state index in [-0.39, 0.29) is 18.0 Å². The number of fused-ring (bicyclic) bond motifs is 1. The van der Waals surface area contributed by atoms with Gasteiger partial charge in [0.1, 0.15) is 17.2 Å². The van der Waals surface area contributed by atoms with E-state index in [9.17, 15) is 19.7 Å². The average Bonchev–Trinajstić information content (AvgIpc) is 2.93. The summed E-state index contributed by atoms with van der Waals surface area (Å²) in [6, 6.07) is 22.9. The normalized spacial score (nSPS) is 10.8. The number of nitrogens with one attached hydrogen (secondary N) is 1. The molecule has 4 aromatic rings. The molecule has 0 saturated carbocycles. The number of hydrogen-bond acceptors (Lipinski definition) is 8. The monoisotopic (exact) mass is 513 g/mol. The Morgan fingerprint density at radius 1 is 0.921 bits per heavy atom. The predicted octanol–water partition coefficient (Wildman–Crippen LogP) is 4.90. The third-order valence-corrected chi connectivity index (χ3v) is 5.33. The molecule has 10 nitrogen and oxygen atoms in total. The van der Waals surface area contributed by atoms with Gasteiger partial charge in [0.05, 0.1) is 23.3 Å². The van der Waals surface area contributed by atoms with Gasteiger partial charge >= 0.3 is 5.97 Å². The lowest BCUT2D eigenvalue weighted by Gasteiger charge is -2.11. The number of carbonyl (C=O) groups is 2. The average molecular weight is 514 g/mol. The van der Waals surface area contributed by atoms with Crippen LogP contribution in [0.5, 0.6) is 17.2 Å². The van der Waals surface area contributed by atoms with E-state index in [1.54, 1.807) is 30.3 Å². The maximum absolute atomic E-state index is 12.8. The van der Waals surface area contributed by atoms with Crippen molar-refractivity contribution in [1.29, 1.82) is 0 Å². The van der Waals surface area contributed by atoms with Gasteiger partial charge < -0.3 is 14.2 Å². The van der Waals surface area contributed by atoms with Crippen molar-refractivity contribution in [2.24, 2.45) is 5.10 Å². The summed E-state index contributed by atoms with van der Waals surface area (Å²) in [6.07, 6.45) is 1.40. The van der Waals surface area contributed by atoms with Crippen molar-refractivity contribution < 1.29 is 28.7 Å². The molecular formula is C28H23N3O7. The molecule has 10 heteroatoms. The molecule has 0 bridgehead atoms. The van der Waals surface area contributed by atoms with Crippen LogP contribution in [-0.2, 0) is 4.79 Å². The molecule has 0 aromatic heterocycles. The van der Waals surface area contributed by atoms with E-state index in [0.717, 1.165) is 10.8 Å². The number of ether oxygens (including phenoxy) is 3. The van der Waals surface area contributed by atoms with E-state index < -0.39 is 16.8 Å². The number of rotatable bonds is 10. The van der Waals surface area contributed by atoms with Crippen LogP contribution < -0.4 is 19.6 Å². The van der Waals surface area contributed by atoms with E-state index in [1.165, 1.54) is 30.5 Å². The Labute approximate surface area is 217 Å². The maximum atomic E-state index is 12.8. The van der Waals surface area contributed by atoms with E-state index in [0.29, 0.717) is 29.2 Å². The zero-order valence-corrected chi connectivity index (χ0v) is 20.3. The number of hydrogen-bond donors (Lipinski definition) is 1. The number of esters is 1. The summed E-state index contributed by atoms with van der Waals surface area (Å²) in [4.78, 5) is 35.2. The molecule has 0 atom stereocenters. The first-order valence-corrected chi connectivity index (χ1v) is 11.6. The van der Waals surface area contributed by atoms with Gasteiger partial charge in [-0.25, -0.2) is 10.2 Å². The zero-order chi connectivity index (χ0) is 26.9. The van der Waals surface area contributed by atoms with Gasteiger partial charge in [0.15, 0.2) is 6.61 Å². The quantitative estimate of drug-likeness (QED) is 0.105. The highest BCUT2D eigenvalue weighted by Gasteiger charge is 2.14. The molecule has 0 radical (unpaired) electrons. The van der Waals surface area contributed by atoms with Gasteiger partial charge in [0.2, 0.25) is 0 Å². The first-order chi connectivity index (χ1) is 18.4. The molecule has 192 valence electrons. The summed E-state index contributed by atoms with van der Waals surface area (Å²) >= 11 is 0. The molecule has 0 aliphatic rings. The van der Waals surface area contributed by atoms with Crippen molar-refractivity contribution >= 4 is 34.6 Å². The molecule has 38 heavy (non-hydrogen) atoms. The fourth-order valence-corrected chi connectivity index (χ4v) is 3.52. The van der Waals surface area contributed by atoms with Crippen LogP contribution in [0.15, 0.2) is 90.0 Å². The van der Waals surface area contributed by atoms with Crippen LogP contribution in [0, 0.1) is 10.1 Å². The molecule has 0 unspecified atom stereocenters. The first-order valence-electron chi connectivity index (χ1n) is 11.6. The van der Waals surface area contributed by atoms with Gasteiger partial charge in [-0.2, -0.15) is 5.10 Å². The third kappa shape index (κ3) is 6.49. The lowest BCUT2D eigenvalue weighted by molar-refractivity contribution is -0.384. The molecule has 0 spiro atoms. The number of hydrazone groups is 1. The summed E-state index contributed by atoms with van der Waals surface area (Å²) < 4.78 is 16.4. The Balaban J connectivity index is 1.46. The predicted molar refractivity (Wildman–Crippen MR) is 141 cm³/mol. The molecule has 4 rings (SSSR count). The van der Waals surface area contributed by atoms with Crippen molar-refractivity contribution in [2.75, 3.05) is 13.2 Å². The molecule has 4 aromatic carbocycles. The Morgan fingerprint density at radius 3 is 2.32 bits per heavy atom. The SMILES string of the molecule is CCOc1ccc(C(=O)Oc2ccc3ccccc3c2/C=N/NC(=O)COc2ccc([N+](=O)[O-])cc2)cc1. The van der Waals surface area contributed by atoms with E-state index in [1.807, 2.05) is 37.3 Å². The maximum Gasteiger partial charge on any atom is 0.343 e. The minimum Gasteiger partial charge on any atom is -0.494 e. The second-order valence-corrected chi connectivity index (χ2v) is 7.88. The molecule has 0 aliphatic heterocycles. The zero-order valence-electron chi connectivity index (χ0n) is 20.3. The van der Waals surface area contributed by atoms with Crippen LogP contribution in [0.2, 0.25) is 0 Å². The highest BCUT2D eigenvalue weighted by atomic mass is 16.6. The largest absolute Gasteiger partial charge is 0.494 e. The Bertz CT molecular complexity index is 1480. The van der Waals surface area contributed by atoms with Crippen LogP contribution >= 0.6 is 0 Å². The fourth-order valence-electron chi connectivity index (χ4n) is 3.52.